The Labute approximate surface area is 176 Å². The van der Waals surface area contributed by atoms with E-state index in [-0.39, 0.29) is 35.7 Å². The third kappa shape index (κ3) is 4.92. The van der Waals surface area contributed by atoms with Crippen molar-refractivity contribution in [1.82, 2.24) is 0 Å². The normalized spacial score (nSPS) is 22.8. The Morgan fingerprint density at radius 3 is 1.60 bits per heavy atom. The van der Waals surface area contributed by atoms with E-state index in [0.717, 1.165) is 0 Å². The molecule has 0 saturated heterocycles. The Balaban J connectivity index is 0.00000288. The zero-order chi connectivity index (χ0) is 17.7. The first kappa shape index (κ1) is 25.6. The van der Waals surface area contributed by atoms with E-state index in [1.165, 1.54) is 0 Å². The van der Waals surface area contributed by atoms with Gasteiger partial charge in [-0.15, -0.1) is 0 Å². The molecule has 0 N–H and O–H groups in total. The number of halogens is 2. The van der Waals surface area contributed by atoms with Crippen LogP contribution >= 0.6 is 0 Å². The molecular weight excluding hydrogens is 442 g/mol. The molecule has 0 heterocycles. The van der Waals surface area contributed by atoms with Gasteiger partial charge in [0, 0.05) is 0 Å². The van der Waals surface area contributed by atoms with Crippen LogP contribution in [0.1, 0.15) is 55.4 Å². The average Bonchev–Trinajstić information content (AvgIpc) is 2.82. The summed E-state index contributed by atoms with van der Waals surface area (Å²) in [5.41, 5.74) is 6.51. The molecule has 2 aliphatic carbocycles. The Kier molecular flexibility index (Phi) is 9.46. The fourth-order valence-electron chi connectivity index (χ4n) is 4.41. The van der Waals surface area contributed by atoms with Gasteiger partial charge < -0.3 is 24.8 Å². The van der Waals surface area contributed by atoms with Crippen LogP contribution in [0, 0.1) is 17.3 Å². The smallest absolute Gasteiger partial charge is 1.00 e. The van der Waals surface area contributed by atoms with E-state index in [0.29, 0.717) is 11.8 Å². The molecule has 0 aromatic rings. The van der Waals surface area contributed by atoms with Gasteiger partial charge in [-0.1, -0.05) is 0 Å². The molecular formula is C21H34Cl2SiZr. The van der Waals surface area contributed by atoms with Crippen molar-refractivity contribution >= 4 is 5.43 Å². The summed E-state index contributed by atoms with van der Waals surface area (Å²) in [5, 5.41) is 0. The van der Waals surface area contributed by atoms with Crippen molar-refractivity contribution < 1.29 is 45.2 Å². The van der Waals surface area contributed by atoms with Crippen LogP contribution in [0.2, 0.25) is 13.1 Å². The van der Waals surface area contributed by atoms with Crippen LogP contribution in [-0.2, 0) is 20.4 Å². The maximum Gasteiger partial charge on any atom is -1.00 e. The summed E-state index contributed by atoms with van der Waals surface area (Å²) in [6.07, 6.45) is 5.11. The van der Waals surface area contributed by atoms with Crippen molar-refractivity contribution in [3.8, 4) is 0 Å². The Hall–Kier alpha value is 0.640. The summed E-state index contributed by atoms with van der Waals surface area (Å²) in [5.74, 6) is 1.36. The number of hydrogen-bond acceptors (Lipinski definition) is 0. The zero-order valence-electron chi connectivity index (χ0n) is 17.6. The van der Waals surface area contributed by atoms with E-state index in [2.05, 4.69) is 80.6 Å². The van der Waals surface area contributed by atoms with Crippen LogP contribution in [0.15, 0.2) is 41.0 Å². The van der Waals surface area contributed by atoms with Crippen LogP contribution in [-0.4, -0.2) is 5.43 Å². The van der Waals surface area contributed by atoms with Crippen LogP contribution < -0.4 is 24.8 Å². The molecule has 2 unspecified atom stereocenters. The molecule has 0 aliphatic heterocycles. The maximum absolute atomic E-state index is 2.59. The quantitative estimate of drug-likeness (QED) is 0.513. The largest absolute Gasteiger partial charge is 1.00 e. The van der Waals surface area contributed by atoms with Gasteiger partial charge in [0.2, 0.25) is 0 Å². The van der Waals surface area contributed by atoms with Crippen LogP contribution in [0.4, 0.5) is 0 Å². The first-order chi connectivity index (χ1) is 10.5. The van der Waals surface area contributed by atoms with Crippen LogP contribution in [0.5, 0.6) is 0 Å². The second-order valence-corrected chi connectivity index (χ2v) is 25.5. The fourth-order valence-corrected chi connectivity index (χ4v) is 24.4. The predicted octanol–water partition coefficient (Wildman–Crippen LogP) is 0.630. The molecule has 0 aromatic carbocycles. The molecule has 2 aliphatic rings. The molecule has 2 rings (SSSR count). The molecule has 4 heteroatoms. The average molecular weight is 477 g/mol. The minimum atomic E-state index is -1.75. The maximum atomic E-state index is 2.59. The molecule has 0 saturated carbocycles. The van der Waals surface area contributed by atoms with Gasteiger partial charge in [-0.2, -0.15) is 0 Å². The Bertz CT molecular complexity index is 696. The van der Waals surface area contributed by atoms with Crippen molar-refractivity contribution in [1.29, 1.82) is 0 Å². The number of hydrogen-bond donors (Lipinski definition) is 0. The summed E-state index contributed by atoms with van der Waals surface area (Å²) in [6.45, 7) is 24.3. The fraction of sp³-hybridized carbons (Fsp3) is 0.619. The minimum absolute atomic E-state index is 0. The van der Waals surface area contributed by atoms with Gasteiger partial charge in [0.15, 0.2) is 0 Å². The van der Waals surface area contributed by atoms with Crippen molar-refractivity contribution in [3.63, 3.8) is 0 Å². The SMILES string of the molecule is CC1=CC(C)[C]([Zr+2]([C]2=C(C)C(C(C)(C)C)=CC2C)=[Si](C)C)=C1C.[Cl-].[Cl-]. The Morgan fingerprint density at radius 1 is 0.840 bits per heavy atom. The number of rotatable bonds is 2. The molecule has 140 valence electrons. The van der Waals surface area contributed by atoms with Crippen molar-refractivity contribution in [2.24, 2.45) is 17.3 Å². The van der Waals surface area contributed by atoms with E-state index in [1.54, 1.807) is 22.3 Å². The molecule has 0 spiro atoms. The van der Waals surface area contributed by atoms with E-state index >= 15 is 0 Å². The topological polar surface area (TPSA) is 0 Å². The minimum Gasteiger partial charge on any atom is -1.00 e. The monoisotopic (exact) mass is 474 g/mol. The van der Waals surface area contributed by atoms with Gasteiger partial charge in [-0.25, -0.2) is 0 Å². The van der Waals surface area contributed by atoms with Gasteiger partial charge >= 0.3 is 153 Å². The van der Waals surface area contributed by atoms with E-state index < -0.39 is 20.4 Å². The summed E-state index contributed by atoms with van der Waals surface area (Å²) >= 11 is -1.75. The zero-order valence-corrected chi connectivity index (χ0v) is 22.5. The third-order valence-corrected chi connectivity index (χ3v) is 23.8. The van der Waals surface area contributed by atoms with Gasteiger partial charge in [-0.05, 0) is 0 Å². The summed E-state index contributed by atoms with van der Waals surface area (Å²) in [7, 11) is 0. The number of allylic oxidation sites excluding steroid dienone is 8. The molecule has 0 amide bonds. The van der Waals surface area contributed by atoms with Crippen LogP contribution in [0.3, 0.4) is 0 Å². The first-order valence-electron chi connectivity index (χ1n) is 8.98. The van der Waals surface area contributed by atoms with Gasteiger partial charge in [0.1, 0.15) is 0 Å². The second-order valence-electron chi connectivity index (χ2n) is 8.71. The third-order valence-electron chi connectivity index (χ3n) is 5.48. The molecule has 2 atom stereocenters. The van der Waals surface area contributed by atoms with E-state index in [9.17, 15) is 0 Å². The standard InChI is InChI=1S/C11H17.C8H11.C2H6Si.2ClH.Zr/c1-8-6-9(2)10(7-8)11(3,4)5;1-6-4-7(2)8(3)5-6;1-3-2;;;/h7-8H,1-5H3;4,6H,1-3H3;1-2H3;2*1H;/q;;;;;+2/p-2. The van der Waals surface area contributed by atoms with Crippen molar-refractivity contribution in [2.45, 2.75) is 68.5 Å². The summed E-state index contributed by atoms with van der Waals surface area (Å²) in [4.78, 5) is 0. The van der Waals surface area contributed by atoms with Gasteiger partial charge in [0.05, 0.1) is 0 Å². The van der Waals surface area contributed by atoms with Crippen molar-refractivity contribution in [3.05, 3.63) is 41.0 Å². The molecule has 0 radical (unpaired) electrons. The molecule has 0 fully saturated rings. The Morgan fingerprint density at radius 2 is 1.28 bits per heavy atom. The predicted molar refractivity (Wildman–Crippen MR) is 103 cm³/mol. The molecule has 0 nitrogen and oxygen atoms in total. The molecule has 0 bridgehead atoms. The molecule has 25 heavy (non-hydrogen) atoms. The second kappa shape index (κ2) is 9.22. The summed E-state index contributed by atoms with van der Waals surface area (Å²) in [6, 6.07) is 0. The van der Waals surface area contributed by atoms with Crippen molar-refractivity contribution in [2.75, 3.05) is 0 Å². The van der Waals surface area contributed by atoms with Gasteiger partial charge in [0.25, 0.3) is 0 Å². The van der Waals surface area contributed by atoms with E-state index in [1.807, 2.05) is 6.56 Å². The van der Waals surface area contributed by atoms with E-state index in [4.69, 9.17) is 0 Å². The summed E-state index contributed by atoms with van der Waals surface area (Å²) < 4.78 is 3.83. The first-order valence-corrected chi connectivity index (χ1v) is 17.6. The van der Waals surface area contributed by atoms with Gasteiger partial charge in [-0.3, -0.25) is 0 Å². The van der Waals surface area contributed by atoms with Crippen LogP contribution in [0.25, 0.3) is 0 Å². The molecule has 0 aromatic heterocycles.